The zero-order chi connectivity index (χ0) is 13.4. The number of likely N-dealkylation sites (N-methyl/N-ethyl adjacent to an activating group) is 1. The first-order valence-corrected chi connectivity index (χ1v) is 7.54. The summed E-state index contributed by atoms with van der Waals surface area (Å²) in [5, 5.41) is 3.55. The topological polar surface area (TPSA) is 33.1 Å². The van der Waals surface area contributed by atoms with E-state index >= 15 is 0 Å². The molecule has 0 saturated carbocycles. The highest BCUT2D eigenvalue weighted by molar-refractivity contribution is 5.01. The third-order valence-electron chi connectivity index (χ3n) is 5.40. The molecule has 2 bridgehead atoms. The summed E-state index contributed by atoms with van der Waals surface area (Å²) in [5.41, 5.74) is 0. The molecule has 3 unspecified atom stereocenters. The predicted molar refractivity (Wildman–Crippen MR) is 77.1 cm³/mol. The van der Waals surface area contributed by atoms with E-state index in [1.165, 1.54) is 31.5 Å². The van der Waals surface area contributed by atoms with Crippen LogP contribution < -0.4 is 5.32 Å². The van der Waals surface area contributed by atoms with Gasteiger partial charge in [-0.2, -0.15) is 0 Å². The molecule has 2 saturated heterocycles. The molecule has 1 aromatic heterocycles. The van der Waals surface area contributed by atoms with E-state index in [9.17, 15) is 0 Å². The normalized spacial score (nSPS) is 32.7. The van der Waals surface area contributed by atoms with Gasteiger partial charge in [0, 0.05) is 44.0 Å². The number of hydrogen-bond donors (Lipinski definition) is 1. The quantitative estimate of drug-likeness (QED) is 0.891. The highest BCUT2D eigenvalue weighted by Gasteiger charge is 2.40. The van der Waals surface area contributed by atoms with E-state index in [0.717, 1.165) is 24.4 Å². The van der Waals surface area contributed by atoms with Gasteiger partial charge in [0.1, 0.15) is 5.82 Å². The first-order valence-electron chi connectivity index (χ1n) is 7.54. The highest BCUT2D eigenvalue weighted by atomic mass is 15.2. The second-order valence-corrected chi connectivity index (χ2v) is 6.34. The Labute approximate surface area is 116 Å². The third-order valence-corrected chi connectivity index (χ3v) is 5.40. The Morgan fingerprint density at radius 2 is 2.00 bits per heavy atom. The van der Waals surface area contributed by atoms with E-state index in [4.69, 9.17) is 0 Å². The molecule has 0 aliphatic carbocycles. The van der Waals surface area contributed by atoms with Gasteiger partial charge in [0.2, 0.25) is 0 Å². The van der Waals surface area contributed by atoms with Gasteiger partial charge in [0.25, 0.3) is 0 Å². The smallest absolute Gasteiger partial charge is 0.109 e. The van der Waals surface area contributed by atoms with Crippen LogP contribution in [0.15, 0.2) is 12.4 Å². The van der Waals surface area contributed by atoms with Crippen LogP contribution in [0.2, 0.25) is 0 Å². The van der Waals surface area contributed by atoms with Crippen LogP contribution in [-0.4, -0.2) is 46.7 Å². The Morgan fingerprint density at radius 1 is 1.32 bits per heavy atom. The average Bonchev–Trinajstić information content (AvgIpc) is 2.87. The fourth-order valence-electron chi connectivity index (χ4n) is 4.08. The highest BCUT2D eigenvalue weighted by Crippen LogP contribution is 2.39. The second kappa shape index (κ2) is 5.25. The summed E-state index contributed by atoms with van der Waals surface area (Å²) in [5.74, 6) is 2.00. The fraction of sp³-hybridized carbons (Fsp3) is 0.800. The number of nitrogens with one attached hydrogen (secondary N) is 1. The number of hydrogen-bond acceptors (Lipinski definition) is 3. The molecule has 3 rings (SSSR count). The van der Waals surface area contributed by atoms with Crippen LogP contribution in [0.25, 0.3) is 0 Å². The zero-order valence-corrected chi connectivity index (χ0v) is 12.3. The van der Waals surface area contributed by atoms with E-state index < -0.39 is 0 Å². The molecule has 106 valence electrons. The van der Waals surface area contributed by atoms with Gasteiger partial charge >= 0.3 is 0 Å². The minimum atomic E-state index is 0.568. The monoisotopic (exact) mass is 262 g/mol. The third kappa shape index (κ3) is 2.43. The Hall–Kier alpha value is -0.870. The maximum Gasteiger partial charge on any atom is 0.109 e. The van der Waals surface area contributed by atoms with Crippen molar-refractivity contribution in [3.05, 3.63) is 18.2 Å². The largest absolute Gasteiger partial charge is 0.338 e. The molecular formula is C15H26N4. The maximum absolute atomic E-state index is 4.48. The number of piperidine rings is 1. The number of aromatic nitrogens is 2. The first kappa shape index (κ1) is 13.1. The van der Waals surface area contributed by atoms with Crippen LogP contribution in [0.5, 0.6) is 0 Å². The van der Waals surface area contributed by atoms with E-state index in [0.29, 0.717) is 6.04 Å². The standard InChI is InChI=1S/C15H26N4/c1-16-14(10-15-17-6-7-18(15)2)11-8-12-4-5-13(9-11)19(12)3/h6-7,11-14,16H,4-5,8-10H2,1-3H3. The number of imidazole rings is 1. The van der Waals surface area contributed by atoms with Crippen molar-refractivity contribution in [1.29, 1.82) is 0 Å². The van der Waals surface area contributed by atoms with Crippen LogP contribution in [0.3, 0.4) is 0 Å². The lowest BCUT2D eigenvalue weighted by atomic mass is 9.83. The van der Waals surface area contributed by atoms with Crippen molar-refractivity contribution in [2.24, 2.45) is 13.0 Å². The van der Waals surface area contributed by atoms with Crippen LogP contribution in [0, 0.1) is 5.92 Å². The van der Waals surface area contributed by atoms with Crippen molar-refractivity contribution in [3.63, 3.8) is 0 Å². The number of rotatable bonds is 4. The van der Waals surface area contributed by atoms with E-state index in [-0.39, 0.29) is 0 Å². The summed E-state index contributed by atoms with van der Waals surface area (Å²) in [6, 6.07) is 2.21. The summed E-state index contributed by atoms with van der Waals surface area (Å²) in [6.07, 6.45) is 10.5. The minimum Gasteiger partial charge on any atom is -0.338 e. The molecule has 1 N–H and O–H groups in total. The molecule has 4 nitrogen and oxygen atoms in total. The van der Waals surface area contributed by atoms with Gasteiger partial charge in [0.15, 0.2) is 0 Å². The predicted octanol–water partition coefficient (Wildman–Crippen LogP) is 1.42. The molecule has 2 aliphatic heterocycles. The van der Waals surface area contributed by atoms with Crippen LogP contribution in [-0.2, 0) is 13.5 Å². The van der Waals surface area contributed by atoms with Crippen molar-refractivity contribution in [1.82, 2.24) is 19.8 Å². The van der Waals surface area contributed by atoms with Gasteiger partial charge < -0.3 is 14.8 Å². The average molecular weight is 262 g/mol. The molecule has 4 heteroatoms. The molecule has 1 aromatic rings. The lowest BCUT2D eigenvalue weighted by Gasteiger charge is -2.39. The van der Waals surface area contributed by atoms with Crippen LogP contribution in [0.4, 0.5) is 0 Å². The number of aryl methyl sites for hydroxylation is 1. The summed E-state index contributed by atoms with van der Waals surface area (Å²) in [6.45, 7) is 0. The van der Waals surface area contributed by atoms with Gasteiger partial charge in [-0.1, -0.05) is 0 Å². The lowest BCUT2D eigenvalue weighted by molar-refractivity contribution is 0.113. The summed E-state index contributed by atoms with van der Waals surface area (Å²) >= 11 is 0. The molecule has 2 fully saturated rings. The number of nitrogens with zero attached hydrogens (tertiary/aromatic N) is 3. The van der Waals surface area contributed by atoms with E-state index in [1.54, 1.807) is 0 Å². The molecule has 3 atom stereocenters. The molecule has 0 radical (unpaired) electrons. The van der Waals surface area contributed by atoms with Crippen molar-refractivity contribution < 1.29 is 0 Å². The zero-order valence-electron chi connectivity index (χ0n) is 12.3. The van der Waals surface area contributed by atoms with E-state index in [2.05, 4.69) is 40.9 Å². The Kier molecular flexibility index (Phi) is 3.63. The summed E-state index contributed by atoms with van der Waals surface area (Å²) in [4.78, 5) is 7.09. The maximum atomic E-state index is 4.48. The molecule has 3 heterocycles. The van der Waals surface area contributed by atoms with E-state index in [1.807, 2.05) is 12.4 Å². The van der Waals surface area contributed by atoms with Crippen molar-refractivity contribution in [2.45, 2.75) is 50.2 Å². The minimum absolute atomic E-state index is 0.568. The number of fused-ring (bicyclic) bond motifs is 2. The van der Waals surface area contributed by atoms with Crippen molar-refractivity contribution in [2.75, 3.05) is 14.1 Å². The van der Waals surface area contributed by atoms with Gasteiger partial charge in [-0.3, -0.25) is 0 Å². The lowest BCUT2D eigenvalue weighted by Crippen LogP contribution is -2.47. The summed E-state index contributed by atoms with van der Waals surface area (Å²) < 4.78 is 2.15. The van der Waals surface area contributed by atoms with Gasteiger partial charge in [-0.15, -0.1) is 0 Å². The van der Waals surface area contributed by atoms with Crippen LogP contribution in [0.1, 0.15) is 31.5 Å². The molecule has 19 heavy (non-hydrogen) atoms. The Balaban J connectivity index is 1.68. The van der Waals surface area contributed by atoms with Gasteiger partial charge in [-0.25, -0.2) is 4.98 Å². The SMILES string of the molecule is CNC(Cc1nccn1C)C1CC2CCC(C1)N2C. The van der Waals surface area contributed by atoms with Crippen LogP contribution >= 0.6 is 0 Å². The van der Waals surface area contributed by atoms with Crippen molar-refractivity contribution in [3.8, 4) is 0 Å². The molecule has 0 aromatic carbocycles. The Bertz CT molecular complexity index is 414. The molecule has 0 spiro atoms. The summed E-state index contributed by atoms with van der Waals surface area (Å²) in [7, 11) is 6.51. The van der Waals surface area contributed by atoms with Gasteiger partial charge in [-0.05, 0) is 45.7 Å². The molecule has 0 amide bonds. The van der Waals surface area contributed by atoms with Gasteiger partial charge in [0.05, 0.1) is 0 Å². The molecule has 2 aliphatic rings. The molecular weight excluding hydrogens is 236 g/mol. The Morgan fingerprint density at radius 3 is 2.53 bits per heavy atom. The second-order valence-electron chi connectivity index (χ2n) is 6.34. The first-order chi connectivity index (χ1) is 9.19. The fourth-order valence-corrected chi connectivity index (χ4v) is 4.08. The van der Waals surface area contributed by atoms with Crippen molar-refractivity contribution >= 4 is 0 Å².